The molecule has 0 fully saturated rings. The Hall–Kier alpha value is -1.05. The quantitative estimate of drug-likeness (QED) is 0.354. The van der Waals surface area contributed by atoms with E-state index < -0.39 is 14.2 Å². The van der Waals surface area contributed by atoms with Gasteiger partial charge in [0.1, 0.15) is 14.2 Å². The smallest absolute Gasteiger partial charge is 0.330 e. The van der Waals surface area contributed by atoms with Gasteiger partial charge in [-0.1, -0.05) is 31.6 Å². The fourth-order valence-electron chi connectivity index (χ4n) is 0.996. The molecule has 0 aromatic rings. The van der Waals surface area contributed by atoms with E-state index >= 15 is 0 Å². The molecular weight excluding hydrogens is 232 g/mol. The van der Waals surface area contributed by atoms with Crippen LogP contribution in [0.1, 0.15) is 19.8 Å². The molecule has 17 heavy (non-hydrogen) atoms. The van der Waals surface area contributed by atoms with Crippen LogP contribution in [0.5, 0.6) is 0 Å². The summed E-state index contributed by atoms with van der Waals surface area (Å²) in [7, 11) is -1.41. The summed E-state index contributed by atoms with van der Waals surface area (Å²) in [5, 5.41) is 9.58. The van der Waals surface area contributed by atoms with E-state index in [0.717, 1.165) is 0 Å². The maximum atomic E-state index is 11.0. The van der Waals surface area contributed by atoms with Gasteiger partial charge in [-0.15, -0.1) is 5.54 Å². The Bertz CT molecular complexity index is 318. The Kier molecular flexibility index (Phi) is 7.60. The maximum Gasteiger partial charge on any atom is 0.330 e. The third kappa shape index (κ3) is 11.2. The molecule has 0 saturated heterocycles. The highest BCUT2D eigenvalue weighted by molar-refractivity contribution is 6.83. The number of hydrogen-bond acceptors (Lipinski definition) is 3. The van der Waals surface area contributed by atoms with Crippen LogP contribution in [0.25, 0.3) is 0 Å². The van der Waals surface area contributed by atoms with Crippen molar-refractivity contribution in [1.29, 1.82) is 0 Å². The summed E-state index contributed by atoms with van der Waals surface area (Å²) in [4.78, 5) is 11.0. The highest BCUT2D eigenvalue weighted by Crippen LogP contribution is 2.00. The first-order valence-electron chi connectivity index (χ1n) is 5.89. The zero-order valence-corrected chi connectivity index (χ0v) is 12.1. The molecule has 0 aromatic heterocycles. The number of hydrogen-bond donors (Lipinski definition) is 1. The Morgan fingerprint density at radius 2 is 2.12 bits per heavy atom. The van der Waals surface area contributed by atoms with Crippen molar-refractivity contribution >= 4 is 14.0 Å². The fraction of sp³-hybridized carbons (Fsp3) is 0.615. The topological polar surface area (TPSA) is 46.5 Å². The van der Waals surface area contributed by atoms with Gasteiger partial charge < -0.3 is 9.84 Å². The molecule has 0 bridgehead atoms. The van der Waals surface area contributed by atoms with Gasteiger partial charge in [-0.25, -0.2) is 4.79 Å². The molecule has 96 valence electrons. The summed E-state index contributed by atoms with van der Waals surface area (Å²) < 4.78 is 4.73. The van der Waals surface area contributed by atoms with E-state index in [4.69, 9.17) is 4.74 Å². The average molecular weight is 254 g/mol. The summed E-state index contributed by atoms with van der Waals surface area (Å²) >= 11 is 0. The standard InChI is InChI=1S/C13H22O3Si/c1-5-16-13(15)9-7-6-8-12(14)10-11-17(2,3)4/h7,9,12,14H,5-6,8H2,1-4H3/b9-7+. The Labute approximate surface area is 105 Å². The molecule has 0 aliphatic heterocycles. The van der Waals surface area contributed by atoms with Crippen LogP contribution >= 0.6 is 0 Å². The molecule has 0 amide bonds. The third-order valence-corrected chi connectivity index (χ3v) is 2.66. The van der Waals surface area contributed by atoms with Crippen molar-refractivity contribution in [3.8, 4) is 11.5 Å². The van der Waals surface area contributed by atoms with E-state index in [1.54, 1.807) is 13.0 Å². The number of carbonyl (C=O) groups excluding carboxylic acids is 1. The van der Waals surface area contributed by atoms with Crippen LogP contribution in [-0.2, 0) is 9.53 Å². The van der Waals surface area contributed by atoms with Crippen molar-refractivity contribution in [2.24, 2.45) is 0 Å². The van der Waals surface area contributed by atoms with Gasteiger partial charge in [0.05, 0.1) is 6.61 Å². The van der Waals surface area contributed by atoms with Crippen molar-refractivity contribution in [2.45, 2.75) is 45.5 Å². The summed E-state index contributed by atoms with van der Waals surface area (Å²) in [6.07, 6.45) is 3.67. The molecule has 0 aromatic carbocycles. The first kappa shape index (κ1) is 15.9. The van der Waals surface area contributed by atoms with Crippen molar-refractivity contribution < 1.29 is 14.6 Å². The normalized spacial score (nSPS) is 13.0. The van der Waals surface area contributed by atoms with E-state index in [1.807, 2.05) is 0 Å². The van der Waals surface area contributed by atoms with Crippen molar-refractivity contribution in [2.75, 3.05) is 6.61 Å². The van der Waals surface area contributed by atoms with Crippen molar-refractivity contribution in [3.05, 3.63) is 12.2 Å². The lowest BCUT2D eigenvalue weighted by Crippen LogP contribution is -2.17. The number of aliphatic hydroxyl groups excluding tert-OH is 1. The minimum Gasteiger partial charge on any atom is -0.463 e. The number of ether oxygens (including phenoxy) is 1. The van der Waals surface area contributed by atoms with Crippen LogP contribution in [0, 0.1) is 11.5 Å². The summed E-state index contributed by atoms with van der Waals surface area (Å²) in [6.45, 7) is 8.54. The van der Waals surface area contributed by atoms with Gasteiger partial charge in [0.2, 0.25) is 0 Å². The molecular formula is C13H22O3Si. The Morgan fingerprint density at radius 3 is 2.65 bits per heavy atom. The van der Waals surface area contributed by atoms with E-state index in [0.29, 0.717) is 19.4 Å². The van der Waals surface area contributed by atoms with Crippen LogP contribution in [0.4, 0.5) is 0 Å². The Balaban J connectivity index is 3.89. The molecule has 3 nitrogen and oxygen atoms in total. The predicted octanol–water partition coefficient (Wildman–Crippen LogP) is 2.13. The number of rotatable bonds is 5. The van der Waals surface area contributed by atoms with Crippen LogP contribution in [0.3, 0.4) is 0 Å². The zero-order chi connectivity index (χ0) is 13.3. The SMILES string of the molecule is CCOC(=O)/C=C/CCC(O)C#C[Si](C)(C)C. The molecule has 0 radical (unpaired) electrons. The molecule has 1 atom stereocenters. The third-order valence-electron chi connectivity index (χ3n) is 1.76. The highest BCUT2D eigenvalue weighted by atomic mass is 28.3. The lowest BCUT2D eigenvalue weighted by Gasteiger charge is -2.05. The van der Waals surface area contributed by atoms with Gasteiger partial charge in [0.15, 0.2) is 0 Å². The molecule has 0 heterocycles. The van der Waals surface area contributed by atoms with Gasteiger partial charge in [0, 0.05) is 6.08 Å². The number of allylic oxidation sites excluding steroid dienone is 1. The molecule has 4 heteroatoms. The van der Waals surface area contributed by atoms with Gasteiger partial charge in [0.25, 0.3) is 0 Å². The molecule has 0 aliphatic rings. The Morgan fingerprint density at radius 1 is 1.47 bits per heavy atom. The van der Waals surface area contributed by atoms with Gasteiger partial charge in [-0.05, 0) is 19.8 Å². The second kappa shape index (κ2) is 8.10. The van der Waals surface area contributed by atoms with Gasteiger partial charge >= 0.3 is 5.97 Å². The van der Waals surface area contributed by atoms with Crippen molar-refractivity contribution in [3.63, 3.8) is 0 Å². The van der Waals surface area contributed by atoms with E-state index in [1.165, 1.54) is 6.08 Å². The number of esters is 1. The second-order valence-corrected chi connectivity index (χ2v) is 9.52. The molecule has 0 spiro atoms. The minimum atomic E-state index is -1.41. The van der Waals surface area contributed by atoms with Crippen LogP contribution in [0.15, 0.2) is 12.2 Å². The first-order chi connectivity index (χ1) is 7.85. The summed E-state index contributed by atoms with van der Waals surface area (Å²) in [5.41, 5.74) is 3.11. The number of carbonyl (C=O) groups is 1. The number of aliphatic hydroxyl groups is 1. The molecule has 0 saturated carbocycles. The highest BCUT2D eigenvalue weighted by Gasteiger charge is 2.08. The van der Waals surface area contributed by atoms with Crippen LogP contribution in [0.2, 0.25) is 19.6 Å². The second-order valence-electron chi connectivity index (χ2n) is 4.77. The minimum absolute atomic E-state index is 0.338. The molecule has 0 rings (SSSR count). The largest absolute Gasteiger partial charge is 0.463 e. The van der Waals surface area contributed by atoms with Crippen molar-refractivity contribution in [1.82, 2.24) is 0 Å². The van der Waals surface area contributed by atoms with Gasteiger partial charge in [-0.2, -0.15) is 0 Å². The maximum absolute atomic E-state index is 11.0. The lowest BCUT2D eigenvalue weighted by molar-refractivity contribution is -0.137. The summed E-state index contributed by atoms with van der Waals surface area (Å²) in [6, 6.07) is 0. The van der Waals surface area contributed by atoms with Crippen LogP contribution < -0.4 is 0 Å². The summed E-state index contributed by atoms with van der Waals surface area (Å²) in [5.74, 6) is 2.52. The first-order valence-corrected chi connectivity index (χ1v) is 9.39. The van der Waals surface area contributed by atoms with Crippen LogP contribution in [-0.4, -0.2) is 31.9 Å². The fourth-order valence-corrected chi connectivity index (χ4v) is 1.60. The van der Waals surface area contributed by atoms with E-state index in [-0.39, 0.29) is 5.97 Å². The molecule has 0 aliphatic carbocycles. The predicted molar refractivity (Wildman–Crippen MR) is 72.1 cm³/mol. The van der Waals surface area contributed by atoms with E-state index in [9.17, 15) is 9.90 Å². The lowest BCUT2D eigenvalue weighted by atomic mass is 10.2. The molecule has 1 N–H and O–H groups in total. The van der Waals surface area contributed by atoms with E-state index in [2.05, 4.69) is 31.1 Å². The molecule has 1 unspecified atom stereocenters. The van der Waals surface area contributed by atoms with Gasteiger partial charge in [-0.3, -0.25) is 0 Å². The average Bonchev–Trinajstić information content (AvgIpc) is 2.21. The monoisotopic (exact) mass is 254 g/mol. The zero-order valence-electron chi connectivity index (χ0n) is 11.1.